The van der Waals surface area contributed by atoms with E-state index in [0.29, 0.717) is 17.4 Å². The predicted molar refractivity (Wildman–Crippen MR) is 122 cm³/mol. The first-order valence-electron chi connectivity index (χ1n) is 10.0. The summed E-state index contributed by atoms with van der Waals surface area (Å²) in [6.07, 6.45) is 2.56. The van der Waals surface area contributed by atoms with Crippen molar-refractivity contribution in [1.29, 1.82) is 0 Å². The average molecular weight is 463 g/mol. The van der Waals surface area contributed by atoms with Crippen LogP contribution in [0.5, 0.6) is 0 Å². The van der Waals surface area contributed by atoms with Crippen molar-refractivity contribution in [3.05, 3.63) is 76.3 Å². The fourth-order valence-electron chi connectivity index (χ4n) is 3.62. The van der Waals surface area contributed by atoms with E-state index in [1.165, 1.54) is 0 Å². The van der Waals surface area contributed by atoms with E-state index in [4.69, 9.17) is 11.6 Å². The van der Waals surface area contributed by atoms with Gasteiger partial charge in [0, 0.05) is 18.5 Å². The van der Waals surface area contributed by atoms with Crippen molar-refractivity contribution in [3.63, 3.8) is 0 Å². The maximum absolute atomic E-state index is 9.76. The molecular formula is C22H24ClKN6O. The number of aryl methyl sites for hydroxylation is 1. The van der Waals surface area contributed by atoms with E-state index in [0.717, 1.165) is 47.3 Å². The second kappa shape index (κ2) is 11.6. The van der Waals surface area contributed by atoms with Crippen LogP contribution < -0.4 is 0 Å². The van der Waals surface area contributed by atoms with Crippen molar-refractivity contribution < 1.29 is 5.11 Å². The van der Waals surface area contributed by atoms with Crippen LogP contribution in [0.1, 0.15) is 48.6 Å². The molecule has 2 heterocycles. The Kier molecular flexibility index (Phi) is 9.09. The Morgan fingerprint density at radius 3 is 2.42 bits per heavy atom. The van der Waals surface area contributed by atoms with Gasteiger partial charge in [0.1, 0.15) is 5.82 Å². The van der Waals surface area contributed by atoms with Crippen molar-refractivity contribution in [2.24, 2.45) is 20.7 Å². The standard InChI is InChI=1S/C22H23ClN6O.K.H/c1-2-3-8-20-24-21(23)19(14-30)29(20)13-15-9-11-16(12-10-15)17-6-4-5-7-18(17)22-25-27-28-26-22;;/h4-7,9-12,22,30H,2-3,8,13-14H2,1H3;;. The summed E-state index contributed by atoms with van der Waals surface area (Å²) in [5.41, 5.74) is 4.87. The fraction of sp³-hybridized carbons (Fsp3) is 0.318. The monoisotopic (exact) mass is 462 g/mol. The topological polar surface area (TPSA) is 87.5 Å². The van der Waals surface area contributed by atoms with Gasteiger partial charge in [-0.25, -0.2) is 4.98 Å². The first-order chi connectivity index (χ1) is 14.7. The van der Waals surface area contributed by atoms with Gasteiger partial charge in [-0.3, -0.25) is 0 Å². The summed E-state index contributed by atoms with van der Waals surface area (Å²) in [6, 6.07) is 16.4. The van der Waals surface area contributed by atoms with E-state index in [1.54, 1.807) is 0 Å². The molecule has 0 aliphatic carbocycles. The second-order valence-corrected chi connectivity index (χ2v) is 7.54. The van der Waals surface area contributed by atoms with Crippen LogP contribution in [-0.2, 0) is 19.6 Å². The van der Waals surface area contributed by atoms with E-state index in [-0.39, 0.29) is 64.2 Å². The summed E-state index contributed by atoms with van der Waals surface area (Å²) < 4.78 is 2.03. The van der Waals surface area contributed by atoms with E-state index in [1.807, 2.05) is 22.8 Å². The van der Waals surface area contributed by atoms with Gasteiger partial charge in [0.2, 0.25) is 6.17 Å². The third-order valence-electron chi connectivity index (χ3n) is 5.21. The fourth-order valence-corrected chi connectivity index (χ4v) is 3.88. The Hall–Kier alpha value is -1.26. The summed E-state index contributed by atoms with van der Waals surface area (Å²) in [4.78, 5) is 4.47. The minimum atomic E-state index is -0.387. The molecule has 31 heavy (non-hydrogen) atoms. The zero-order valence-corrected chi connectivity index (χ0v) is 17.5. The van der Waals surface area contributed by atoms with Gasteiger partial charge in [0.15, 0.2) is 5.15 Å². The number of aromatic nitrogens is 2. The summed E-state index contributed by atoms with van der Waals surface area (Å²) in [5.74, 6) is 0.914. The molecule has 0 unspecified atom stereocenters. The van der Waals surface area contributed by atoms with Gasteiger partial charge in [-0.15, -0.1) is 10.2 Å². The number of imidazole rings is 1. The van der Waals surface area contributed by atoms with Crippen LogP contribution in [0.3, 0.4) is 0 Å². The molecule has 156 valence electrons. The molecule has 0 amide bonds. The molecule has 0 radical (unpaired) electrons. The maximum atomic E-state index is 9.76. The molecule has 1 aromatic heterocycles. The SMILES string of the molecule is CCCCc1nc(Cl)c(CO)n1Cc1ccc(-c2ccccc2C2N=NN=N2)cc1.[KH]. The molecule has 0 saturated carbocycles. The number of unbranched alkanes of at least 4 members (excludes halogenated alkanes) is 1. The van der Waals surface area contributed by atoms with Gasteiger partial charge >= 0.3 is 51.4 Å². The molecule has 9 heteroatoms. The number of halogens is 1. The molecule has 0 saturated heterocycles. The average Bonchev–Trinajstić information content (AvgIpc) is 3.41. The van der Waals surface area contributed by atoms with Gasteiger partial charge < -0.3 is 9.67 Å². The normalized spacial score (nSPS) is 13.0. The molecule has 0 spiro atoms. The number of rotatable bonds is 8. The molecule has 4 rings (SSSR count). The van der Waals surface area contributed by atoms with Crippen LogP contribution in [0.15, 0.2) is 69.2 Å². The van der Waals surface area contributed by atoms with Gasteiger partial charge in [0.25, 0.3) is 0 Å². The number of aliphatic hydroxyl groups is 1. The van der Waals surface area contributed by atoms with Crippen molar-refractivity contribution in [3.8, 4) is 11.1 Å². The zero-order chi connectivity index (χ0) is 20.9. The molecular weight excluding hydrogens is 439 g/mol. The van der Waals surface area contributed by atoms with Crippen LogP contribution >= 0.6 is 11.6 Å². The summed E-state index contributed by atoms with van der Waals surface area (Å²) in [6.45, 7) is 2.63. The molecule has 7 nitrogen and oxygen atoms in total. The molecule has 2 aromatic carbocycles. The third-order valence-corrected chi connectivity index (χ3v) is 5.52. The molecule has 0 fully saturated rings. The number of nitrogens with zero attached hydrogens (tertiary/aromatic N) is 6. The first kappa shape index (κ1) is 24.4. The Balaban J connectivity index is 0.00000272. The summed E-state index contributed by atoms with van der Waals surface area (Å²) in [7, 11) is 0. The third kappa shape index (κ3) is 5.57. The molecule has 1 aliphatic rings. The van der Waals surface area contributed by atoms with Crippen LogP contribution in [-0.4, -0.2) is 66.0 Å². The summed E-state index contributed by atoms with van der Waals surface area (Å²) in [5, 5.41) is 25.5. The first-order valence-corrected chi connectivity index (χ1v) is 10.4. The summed E-state index contributed by atoms with van der Waals surface area (Å²) >= 11 is 6.26. The molecule has 0 bridgehead atoms. The van der Waals surface area contributed by atoms with Crippen LogP contribution in [0.25, 0.3) is 11.1 Å². The van der Waals surface area contributed by atoms with Gasteiger partial charge in [-0.1, -0.05) is 73.5 Å². The zero-order valence-electron chi connectivity index (χ0n) is 16.7. The predicted octanol–water partition coefficient (Wildman–Crippen LogP) is 5.27. The van der Waals surface area contributed by atoms with Crippen molar-refractivity contribution >= 4 is 63.0 Å². The molecule has 1 N–H and O–H groups in total. The minimum absolute atomic E-state index is 0. The van der Waals surface area contributed by atoms with E-state index in [9.17, 15) is 5.11 Å². The Labute approximate surface area is 229 Å². The van der Waals surface area contributed by atoms with Crippen LogP contribution in [0.4, 0.5) is 0 Å². The van der Waals surface area contributed by atoms with Crippen molar-refractivity contribution in [2.75, 3.05) is 0 Å². The Morgan fingerprint density at radius 2 is 1.74 bits per heavy atom. The van der Waals surface area contributed by atoms with Crippen LogP contribution in [0.2, 0.25) is 5.15 Å². The van der Waals surface area contributed by atoms with Crippen molar-refractivity contribution in [1.82, 2.24) is 9.55 Å². The second-order valence-electron chi connectivity index (χ2n) is 7.18. The number of aliphatic hydroxyl groups excluding tert-OH is 1. The van der Waals surface area contributed by atoms with Crippen LogP contribution in [0, 0.1) is 0 Å². The number of hydrogen-bond donors (Lipinski definition) is 1. The van der Waals surface area contributed by atoms with E-state index >= 15 is 0 Å². The number of benzene rings is 2. The molecule has 3 aromatic rings. The van der Waals surface area contributed by atoms with E-state index in [2.05, 4.69) is 62.9 Å². The number of hydrogen-bond acceptors (Lipinski definition) is 6. The molecule has 0 atom stereocenters. The Morgan fingerprint density at radius 1 is 1.03 bits per heavy atom. The van der Waals surface area contributed by atoms with Gasteiger partial charge in [0.05, 0.1) is 12.3 Å². The van der Waals surface area contributed by atoms with Crippen molar-refractivity contribution in [2.45, 2.75) is 45.5 Å². The van der Waals surface area contributed by atoms with E-state index < -0.39 is 0 Å². The Bertz CT molecular complexity index is 1070. The van der Waals surface area contributed by atoms with Gasteiger partial charge in [-0.05, 0) is 33.6 Å². The quantitative estimate of drug-likeness (QED) is 0.462. The molecule has 1 aliphatic heterocycles. The van der Waals surface area contributed by atoms with Gasteiger partial charge in [-0.2, -0.15) is 0 Å².